The van der Waals surface area contributed by atoms with Crippen LogP contribution in [0, 0.1) is 5.92 Å². The van der Waals surface area contributed by atoms with Crippen molar-refractivity contribution in [1.82, 2.24) is 5.32 Å². The predicted octanol–water partition coefficient (Wildman–Crippen LogP) is 3.19. The van der Waals surface area contributed by atoms with Gasteiger partial charge in [0.15, 0.2) is 0 Å². The lowest BCUT2D eigenvalue weighted by Crippen LogP contribution is -2.34. The van der Waals surface area contributed by atoms with Crippen molar-refractivity contribution in [2.24, 2.45) is 5.92 Å². The van der Waals surface area contributed by atoms with Gasteiger partial charge in [0.05, 0.1) is 0 Å². The molecule has 0 aliphatic heterocycles. The summed E-state index contributed by atoms with van der Waals surface area (Å²) in [7, 11) is 0. The maximum atomic E-state index is 10.3. The van der Waals surface area contributed by atoms with Gasteiger partial charge in [-0.25, -0.2) is 0 Å². The van der Waals surface area contributed by atoms with Crippen LogP contribution in [-0.4, -0.2) is 23.7 Å². The van der Waals surface area contributed by atoms with Crippen molar-refractivity contribution >= 4 is 5.97 Å². The largest absolute Gasteiger partial charge is 0.481 e. The summed E-state index contributed by atoms with van der Waals surface area (Å²) in [6, 6.07) is 0.716. The molecule has 0 saturated heterocycles. The van der Waals surface area contributed by atoms with Gasteiger partial charge in [-0.15, -0.1) is 0 Å². The molecule has 1 fully saturated rings. The molecule has 0 bridgehead atoms. The molecule has 2 unspecified atom stereocenters. The zero-order valence-corrected chi connectivity index (χ0v) is 11.1. The number of carboxylic acids is 1. The Hall–Kier alpha value is -0.570. The Balaban J connectivity index is 1.97. The highest BCUT2D eigenvalue weighted by atomic mass is 16.4. The average molecular weight is 241 g/mol. The quantitative estimate of drug-likeness (QED) is 0.642. The van der Waals surface area contributed by atoms with Crippen molar-refractivity contribution in [3.8, 4) is 0 Å². The SMILES string of the molecule is CCC1CCCC(NCCCCCC(=O)O)C1. The molecule has 0 radical (unpaired) electrons. The number of nitrogens with one attached hydrogen (secondary N) is 1. The summed E-state index contributed by atoms with van der Waals surface area (Å²) in [6.07, 6.45) is 10.0. The summed E-state index contributed by atoms with van der Waals surface area (Å²) in [6.45, 7) is 3.35. The first-order valence-corrected chi connectivity index (χ1v) is 7.17. The van der Waals surface area contributed by atoms with Crippen LogP contribution in [0.2, 0.25) is 0 Å². The number of carbonyl (C=O) groups is 1. The summed E-state index contributed by atoms with van der Waals surface area (Å²) in [5.41, 5.74) is 0. The predicted molar refractivity (Wildman–Crippen MR) is 70.1 cm³/mol. The molecule has 0 aromatic carbocycles. The normalized spacial score (nSPS) is 24.8. The third-order valence-corrected chi connectivity index (χ3v) is 3.86. The fourth-order valence-corrected chi connectivity index (χ4v) is 2.73. The minimum atomic E-state index is -0.670. The van der Waals surface area contributed by atoms with Crippen LogP contribution in [0.1, 0.15) is 64.7 Å². The van der Waals surface area contributed by atoms with Crippen molar-refractivity contribution in [1.29, 1.82) is 0 Å². The first kappa shape index (κ1) is 14.5. The lowest BCUT2D eigenvalue weighted by atomic mass is 9.84. The molecule has 2 atom stereocenters. The Bertz CT molecular complexity index is 218. The second kappa shape index (κ2) is 8.51. The molecule has 2 N–H and O–H groups in total. The number of aliphatic carboxylic acids is 1. The van der Waals surface area contributed by atoms with E-state index in [1.165, 1.54) is 32.1 Å². The van der Waals surface area contributed by atoms with Gasteiger partial charge in [-0.2, -0.15) is 0 Å². The maximum absolute atomic E-state index is 10.3. The van der Waals surface area contributed by atoms with Crippen LogP contribution >= 0.6 is 0 Å². The average Bonchev–Trinajstić information content (AvgIpc) is 2.33. The first-order valence-electron chi connectivity index (χ1n) is 7.17. The van der Waals surface area contributed by atoms with Gasteiger partial charge in [0.2, 0.25) is 0 Å². The Kier molecular flexibility index (Phi) is 7.25. The Morgan fingerprint density at radius 2 is 2.12 bits per heavy atom. The third kappa shape index (κ3) is 6.67. The van der Waals surface area contributed by atoms with E-state index in [1.807, 2.05) is 0 Å². The monoisotopic (exact) mass is 241 g/mol. The zero-order chi connectivity index (χ0) is 12.5. The van der Waals surface area contributed by atoms with E-state index >= 15 is 0 Å². The van der Waals surface area contributed by atoms with E-state index in [0.29, 0.717) is 12.5 Å². The molecule has 1 rings (SSSR count). The molecule has 0 aromatic rings. The lowest BCUT2D eigenvalue weighted by molar-refractivity contribution is -0.137. The van der Waals surface area contributed by atoms with Gasteiger partial charge in [0.1, 0.15) is 0 Å². The Labute approximate surface area is 105 Å². The van der Waals surface area contributed by atoms with Gasteiger partial charge in [-0.1, -0.05) is 32.6 Å². The maximum Gasteiger partial charge on any atom is 0.303 e. The number of rotatable bonds is 8. The number of hydrogen-bond acceptors (Lipinski definition) is 2. The van der Waals surface area contributed by atoms with E-state index in [9.17, 15) is 4.79 Å². The van der Waals surface area contributed by atoms with Crippen molar-refractivity contribution < 1.29 is 9.90 Å². The van der Waals surface area contributed by atoms with Crippen LogP contribution in [0.25, 0.3) is 0 Å². The van der Waals surface area contributed by atoms with E-state index < -0.39 is 5.97 Å². The van der Waals surface area contributed by atoms with Gasteiger partial charge in [-0.3, -0.25) is 4.79 Å². The molecule has 3 heteroatoms. The number of hydrogen-bond donors (Lipinski definition) is 2. The summed E-state index contributed by atoms with van der Waals surface area (Å²) in [4.78, 5) is 10.3. The molecule has 1 saturated carbocycles. The molecular formula is C14H27NO2. The van der Waals surface area contributed by atoms with Gasteiger partial charge < -0.3 is 10.4 Å². The molecule has 100 valence electrons. The van der Waals surface area contributed by atoms with E-state index in [-0.39, 0.29) is 0 Å². The molecule has 0 heterocycles. The zero-order valence-electron chi connectivity index (χ0n) is 11.1. The van der Waals surface area contributed by atoms with Crippen molar-refractivity contribution in [3.63, 3.8) is 0 Å². The number of carboxylic acid groups (broad SMARTS) is 1. The summed E-state index contributed by atoms with van der Waals surface area (Å²) in [5.74, 6) is 0.254. The standard InChI is InChI=1S/C14H27NO2/c1-2-12-7-6-8-13(11-12)15-10-5-3-4-9-14(16)17/h12-13,15H,2-11H2,1H3,(H,16,17). The van der Waals surface area contributed by atoms with Gasteiger partial charge in [0.25, 0.3) is 0 Å². The van der Waals surface area contributed by atoms with Crippen molar-refractivity contribution in [2.75, 3.05) is 6.54 Å². The highest BCUT2D eigenvalue weighted by Gasteiger charge is 2.19. The molecular weight excluding hydrogens is 214 g/mol. The fourth-order valence-electron chi connectivity index (χ4n) is 2.73. The highest BCUT2D eigenvalue weighted by molar-refractivity contribution is 5.66. The minimum Gasteiger partial charge on any atom is -0.481 e. The smallest absolute Gasteiger partial charge is 0.303 e. The summed E-state index contributed by atoms with van der Waals surface area (Å²) in [5, 5.41) is 12.1. The van der Waals surface area contributed by atoms with E-state index in [1.54, 1.807) is 0 Å². The number of unbranched alkanes of at least 4 members (excludes halogenated alkanes) is 2. The van der Waals surface area contributed by atoms with Gasteiger partial charge >= 0.3 is 5.97 Å². The summed E-state index contributed by atoms with van der Waals surface area (Å²) < 4.78 is 0. The van der Waals surface area contributed by atoms with Crippen molar-refractivity contribution in [3.05, 3.63) is 0 Å². The molecule has 3 nitrogen and oxygen atoms in total. The van der Waals surface area contributed by atoms with Crippen LogP contribution in [-0.2, 0) is 4.79 Å². The molecule has 0 spiro atoms. The highest BCUT2D eigenvalue weighted by Crippen LogP contribution is 2.26. The van der Waals surface area contributed by atoms with Crippen LogP contribution in [0.4, 0.5) is 0 Å². The van der Waals surface area contributed by atoms with E-state index in [2.05, 4.69) is 12.2 Å². The Morgan fingerprint density at radius 3 is 2.82 bits per heavy atom. The molecule has 0 amide bonds. The lowest BCUT2D eigenvalue weighted by Gasteiger charge is -2.29. The second-order valence-electron chi connectivity index (χ2n) is 5.30. The summed E-state index contributed by atoms with van der Waals surface area (Å²) >= 11 is 0. The van der Waals surface area contributed by atoms with Crippen molar-refractivity contribution in [2.45, 2.75) is 70.8 Å². The van der Waals surface area contributed by atoms with E-state index in [0.717, 1.165) is 31.7 Å². The van der Waals surface area contributed by atoms with Crippen LogP contribution in [0.15, 0.2) is 0 Å². The molecule has 1 aliphatic rings. The van der Waals surface area contributed by atoms with Crippen LogP contribution in [0.3, 0.4) is 0 Å². The Morgan fingerprint density at radius 1 is 1.29 bits per heavy atom. The molecule has 0 aromatic heterocycles. The molecule has 17 heavy (non-hydrogen) atoms. The van der Waals surface area contributed by atoms with E-state index in [4.69, 9.17) is 5.11 Å². The minimum absolute atomic E-state index is 0.321. The first-order chi connectivity index (χ1) is 8.22. The fraction of sp³-hybridized carbons (Fsp3) is 0.929. The topological polar surface area (TPSA) is 49.3 Å². The van der Waals surface area contributed by atoms with Crippen LogP contribution < -0.4 is 5.32 Å². The van der Waals surface area contributed by atoms with Crippen LogP contribution in [0.5, 0.6) is 0 Å². The molecule has 1 aliphatic carbocycles. The van der Waals surface area contributed by atoms with Gasteiger partial charge in [-0.05, 0) is 38.1 Å². The second-order valence-corrected chi connectivity index (χ2v) is 5.30. The van der Waals surface area contributed by atoms with Gasteiger partial charge in [0, 0.05) is 12.5 Å². The third-order valence-electron chi connectivity index (χ3n) is 3.86.